The van der Waals surface area contributed by atoms with E-state index in [1.54, 1.807) is 0 Å². The number of likely N-dealkylation sites (tertiary alicyclic amines) is 1. The number of ether oxygens (including phenoxy) is 1. The third-order valence-corrected chi connectivity index (χ3v) is 6.34. The number of rotatable bonds is 5. The lowest BCUT2D eigenvalue weighted by Gasteiger charge is -2.53. The quantitative estimate of drug-likeness (QED) is 0.651. The van der Waals surface area contributed by atoms with Gasteiger partial charge < -0.3 is 4.74 Å². The molecule has 3 heteroatoms. The third-order valence-electron chi connectivity index (χ3n) is 6.34. The molecule has 1 aliphatic heterocycles. The number of piperidine rings is 1. The SMILES string of the molecule is CN1C(C)(C)CC(OC(=O)CC(c2ccccc2)c2ccccc2)CC1(C)C. The predicted molar refractivity (Wildman–Crippen MR) is 114 cm³/mol. The maximum absolute atomic E-state index is 12.9. The van der Waals surface area contributed by atoms with E-state index in [9.17, 15) is 4.79 Å². The number of hydrogen-bond acceptors (Lipinski definition) is 3. The first kappa shape index (κ1) is 20.6. The molecule has 0 amide bonds. The Labute approximate surface area is 169 Å². The van der Waals surface area contributed by atoms with Gasteiger partial charge in [0.1, 0.15) is 6.10 Å². The number of carbonyl (C=O) groups is 1. The van der Waals surface area contributed by atoms with Crippen LogP contribution in [0.2, 0.25) is 0 Å². The van der Waals surface area contributed by atoms with Crippen molar-refractivity contribution in [2.45, 2.75) is 70.1 Å². The third kappa shape index (κ3) is 4.64. The van der Waals surface area contributed by atoms with Crippen molar-refractivity contribution in [2.75, 3.05) is 7.05 Å². The Morgan fingerprint density at radius 2 is 1.36 bits per heavy atom. The number of benzene rings is 2. The molecule has 0 aromatic heterocycles. The normalized spacial score (nSPS) is 19.5. The van der Waals surface area contributed by atoms with Crippen LogP contribution in [-0.4, -0.2) is 35.1 Å². The second-order valence-corrected chi connectivity index (χ2v) is 9.28. The maximum atomic E-state index is 12.9. The summed E-state index contributed by atoms with van der Waals surface area (Å²) in [6.45, 7) is 8.91. The van der Waals surface area contributed by atoms with Gasteiger partial charge >= 0.3 is 5.97 Å². The smallest absolute Gasteiger partial charge is 0.307 e. The minimum absolute atomic E-state index is 0.00492. The molecule has 2 aromatic rings. The lowest BCUT2D eigenvalue weighted by Crippen LogP contribution is -2.60. The highest BCUT2D eigenvalue weighted by atomic mass is 16.5. The molecule has 1 fully saturated rings. The van der Waals surface area contributed by atoms with E-state index in [1.165, 1.54) is 0 Å². The van der Waals surface area contributed by atoms with Gasteiger partial charge in [-0.25, -0.2) is 0 Å². The number of hydrogen-bond donors (Lipinski definition) is 0. The van der Waals surface area contributed by atoms with Crippen molar-refractivity contribution in [1.29, 1.82) is 0 Å². The summed E-state index contributed by atoms with van der Waals surface area (Å²) in [5.74, 6) is -0.0963. The molecular weight excluding hydrogens is 346 g/mol. The first-order chi connectivity index (χ1) is 13.2. The average molecular weight is 380 g/mol. The highest BCUT2D eigenvalue weighted by Crippen LogP contribution is 2.38. The van der Waals surface area contributed by atoms with Gasteiger partial charge in [0.2, 0.25) is 0 Å². The van der Waals surface area contributed by atoms with Crippen LogP contribution in [-0.2, 0) is 9.53 Å². The minimum atomic E-state index is -0.112. The van der Waals surface area contributed by atoms with Gasteiger partial charge in [0, 0.05) is 29.8 Å². The van der Waals surface area contributed by atoms with Gasteiger partial charge in [-0.15, -0.1) is 0 Å². The Morgan fingerprint density at radius 1 is 0.929 bits per heavy atom. The number of esters is 1. The molecule has 1 saturated heterocycles. The van der Waals surface area contributed by atoms with Crippen molar-refractivity contribution >= 4 is 5.97 Å². The lowest BCUT2D eigenvalue weighted by molar-refractivity contribution is -0.159. The van der Waals surface area contributed by atoms with Crippen LogP contribution in [0, 0.1) is 0 Å². The molecular formula is C25H33NO2. The molecule has 3 rings (SSSR count). The standard InChI is InChI=1S/C25H33NO2/c1-24(2)17-21(18-25(3,4)26(24)5)28-23(27)16-22(19-12-8-6-9-13-19)20-14-10-7-11-15-20/h6-15,21-22H,16-18H2,1-5H3. The van der Waals surface area contributed by atoms with E-state index in [0.717, 1.165) is 24.0 Å². The summed E-state index contributed by atoms with van der Waals surface area (Å²) >= 11 is 0. The highest BCUT2D eigenvalue weighted by molar-refractivity contribution is 5.71. The molecule has 150 valence electrons. The first-order valence-electron chi connectivity index (χ1n) is 10.2. The highest BCUT2D eigenvalue weighted by Gasteiger charge is 2.44. The van der Waals surface area contributed by atoms with Gasteiger partial charge in [-0.05, 0) is 45.9 Å². The van der Waals surface area contributed by atoms with Crippen LogP contribution in [0.3, 0.4) is 0 Å². The molecule has 28 heavy (non-hydrogen) atoms. The van der Waals surface area contributed by atoms with Crippen molar-refractivity contribution in [3.63, 3.8) is 0 Å². The van der Waals surface area contributed by atoms with Gasteiger partial charge in [-0.1, -0.05) is 60.7 Å². The molecule has 0 N–H and O–H groups in total. The summed E-state index contributed by atoms with van der Waals surface area (Å²) in [4.78, 5) is 15.3. The Hall–Kier alpha value is -2.13. The van der Waals surface area contributed by atoms with Crippen LogP contribution in [0.25, 0.3) is 0 Å². The summed E-state index contributed by atoms with van der Waals surface area (Å²) in [5.41, 5.74) is 2.31. The van der Waals surface area contributed by atoms with Crippen molar-refractivity contribution in [1.82, 2.24) is 4.90 Å². The van der Waals surface area contributed by atoms with E-state index in [2.05, 4.69) is 63.9 Å². The van der Waals surface area contributed by atoms with E-state index in [0.29, 0.717) is 6.42 Å². The van der Waals surface area contributed by atoms with Crippen molar-refractivity contribution in [2.24, 2.45) is 0 Å². The fraction of sp³-hybridized carbons (Fsp3) is 0.480. The second kappa shape index (κ2) is 8.08. The van der Waals surface area contributed by atoms with E-state index >= 15 is 0 Å². The van der Waals surface area contributed by atoms with Gasteiger partial charge in [0.15, 0.2) is 0 Å². The van der Waals surface area contributed by atoms with Crippen LogP contribution in [0.15, 0.2) is 60.7 Å². The van der Waals surface area contributed by atoms with E-state index in [-0.39, 0.29) is 29.1 Å². The summed E-state index contributed by atoms with van der Waals surface area (Å²) in [6, 6.07) is 20.5. The van der Waals surface area contributed by atoms with E-state index < -0.39 is 0 Å². The second-order valence-electron chi connectivity index (χ2n) is 9.28. The number of carbonyl (C=O) groups excluding carboxylic acids is 1. The maximum Gasteiger partial charge on any atom is 0.307 e. The zero-order valence-corrected chi connectivity index (χ0v) is 17.8. The Balaban J connectivity index is 1.74. The molecule has 0 radical (unpaired) electrons. The minimum Gasteiger partial charge on any atom is -0.462 e. The van der Waals surface area contributed by atoms with Gasteiger partial charge in [0.25, 0.3) is 0 Å². The molecule has 0 spiro atoms. The van der Waals surface area contributed by atoms with Crippen molar-refractivity contribution < 1.29 is 9.53 Å². The molecule has 1 aliphatic rings. The summed E-state index contributed by atoms with van der Waals surface area (Å²) in [5, 5.41) is 0. The van der Waals surface area contributed by atoms with Crippen LogP contribution in [0.1, 0.15) is 64.0 Å². The van der Waals surface area contributed by atoms with Crippen LogP contribution >= 0.6 is 0 Å². The molecule has 0 aliphatic carbocycles. The molecule has 0 unspecified atom stereocenters. The molecule has 0 atom stereocenters. The topological polar surface area (TPSA) is 29.5 Å². The van der Waals surface area contributed by atoms with Crippen molar-refractivity contribution in [3.05, 3.63) is 71.8 Å². The van der Waals surface area contributed by atoms with Gasteiger partial charge in [0.05, 0.1) is 6.42 Å². The predicted octanol–water partition coefficient (Wildman–Crippen LogP) is 5.40. The van der Waals surface area contributed by atoms with Crippen LogP contribution in [0.4, 0.5) is 0 Å². The average Bonchev–Trinajstić information content (AvgIpc) is 2.65. The van der Waals surface area contributed by atoms with Gasteiger partial charge in [-0.3, -0.25) is 9.69 Å². The zero-order chi connectivity index (χ0) is 20.4. The molecule has 3 nitrogen and oxygen atoms in total. The molecule has 1 heterocycles. The monoisotopic (exact) mass is 379 g/mol. The molecule has 0 bridgehead atoms. The summed E-state index contributed by atoms with van der Waals surface area (Å²) in [7, 11) is 2.17. The molecule has 0 saturated carbocycles. The fourth-order valence-electron chi connectivity index (χ4n) is 4.56. The van der Waals surface area contributed by atoms with Crippen molar-refractivity contribution in [3.8, 4) is 0 Å². The van der Waals surface area contributed by atoms with E-state index in [1.807, 2.05) is 36.4 Å². The first-order valence-corrected chi connectivity index (χ1v) is 10.2. The van der Waals surface area contributed by atoms with E-state index in [4.69, 9.17) is 4.74 Å². The Kier molecular flexibility index (Phi) is 5.95. The van der Waals surface area contributed by atoms with Gasteiger partial charge in [-0.2, -0.15) is 0 Å². The summed E-state index contributed by atoms with van der Waals surface area (Å²) < 4.78 is 6.02. The Morgan fingerprint density at radius 3 is 1.79 bits per heavy atom. The Bertz CT molecular complexity index is 725. The fourth-order valence-corrected chi connectivity index (χ4v) is 4.56. The number of nitrogens with zero attached hydrogens (tertiary/aromatic N) is 1. The zero-order valence-electron chi connectivity index (χ0n) is 17.8. The van der Waals surface area contributed by atoms with Crippen LogP contribution in [0.5, 0.6) is 0 Å². The summed E-state index contributed by atoms with van der Waals surface area (Å²) in [6.07, 6.45) is 2.04. The van der Waals surface area contributed by atoms with Crippen LogP contribution < -0.4 is 0 Å². The lowest BCUT2D eigenvalue weighted by atomic mass is 9.78. The molecule has 2 aromatic carbocycles. The largest absolute Gasteiger partial charge is 0.462 e.